The molecule has 1 aromatic heterocycles. The van der Waals surface area contributed by atoms with E-state index in [9.17, 15) is 23.3 Å². The molecule has 0 spiro atoms. The van der Waals surface area contributed by atoms with Crippen LogP contribution in [0, 0.1) is 10.1 Å². The van der Waals surface area contributed by atoms with Gasteiger partial charge in [-0.15, -0.1) is 0 Å². The molecule has 0 unspecified atom stereocenters. The fraction of sp³-hybridized carbons (Fsp3) is 0.0625. The Morgan fingerprint density at radius 2 is 1.74 bits per heavy atom. The maximum atomic E-state index is 13.0. The van der Waals surface area contributed by atoms with Gasteiger partial charge in [0.2, 0.25) is 0 Å². The van der Waals surface area contributed by atoms with Gasteiger partial charge in [0.05, 0.1) is 21.6 Å². The summed E-state index contributed by atoms with van der Waals surface area (Å²) in [4.78, 5) is 14.5. The highest BCUT2D eigenvalue weighted by molar-refractivity contribution is 5.99. The first kappa shape index (κ1) is 15.0. The Hall–Kier alpha value is -2.96. The molecule has 1 heterocycles. The number of alkyl halides is 3. The summed E-state index contributed by atoms with van der Waals surface area (Å²) in [7, 11) is 0. The minimum atomic E-state index is -4.53. The summed E-state index contributed by atoms with van der Waals surface area (Å²) < 4.78 is 38.9. The summed E-state index contributed by atoms with van der Waals surface area (Å²) in [6, 6.07) is 11.3. The molecular weight excluding hydrogens is 309 g/mol. The van der Waals surface area contributed by atoms with Gasteiger partial charge < -0.3 is 0 Å². The van der Waals surface area contributed by atoms with Crippen LogP contribution < -0.4 is 0 Å². The Balaban J connectivity index is 2.40. The van der Waals surface area contributed by atoms with Crippen LogP contribution in [0.2, 0.25) is 0 Å². The lowest BCUT2D eigenvalue weighted by Crippen LogP contribution is -2.05. The van der Waals surface area contributed by atoms with E-state index in [1.54, 1.807) is 30.3 Å². The normalized spacial score (nSPS) is 11.6. The van der Waals surface area contributed by atoms with Gasteiger partial charge in [-0.2, -0.15) is 13.2 Å². The van der Waals surface area contributed by atoms with E-state index in [4.69, 9.17) is 0 Å². The van der Waals surface area contributed by atoms with Crippen molar-refractivity contribution >= 4 is 16.6 Å². The number of halogens is 3. The van der Waals surface area contributed by atoms with Crippen molar-refractivity contribution in [3.63, 3.8) is 0 Å². The third-order valence-corrected chi connectivity index (χ3v) is 3.43. The number of pyridine rings is 1. The molecule has 3 rings (SSSR count). The van der Waals surface area contributed by atoms with Crippen molar-refractivity contribution in [2.45, 2.75) is 6.18 Å². The molecule has 0 saturated heterocycles. The second-order valence-electron chi connectivity index (χ2n) is 4.87. The fourth-order valence-corrected chi connectivity index (χ4v) is 2.41. The zero-order chi connectivity index (χ0) is 16.6. The molecule has 0 atom stereocenters. The van der Waals surface area contributed by atoms with Gasteiger partial charge in [-0.05, 0) is 23.8 Å². The molecule has 0 aliphatic carbocycles. The van der Waals surface area contributed by atoms with Crippen LogP contribution in [0.4, 0.5) is 18.9 Å². The molecule has 0 radical (unpaired) electrons. The predicted molar refractivity (Wildman–Crippen MR) is 78.8 cm³/mol. The van der Waals surface area contributed by atoms with Gasteiger partial charge in [0.1, 0.15) is 6.20 Å². The maximum Gasteiger partial charge on any atom is 0.416 e. The van der Waals surface area contributed by atoms with Gasteiger partial charge in [0.15, 0.2) is 0 Å². The Morgan fingerprint density at radius 3 is 2.35 bits per heavy atom. The molecule has 7 heteroatoms. The average molecular weight is 318 g/mol. The molecule has 0 saturated carbocycles. The largest absolute Gasteiger partial charge is 0.416 e. The van der Waals surface area contributed by atoms with Crippen LogP contribution in [0.3, 0.4) is 0 Å². The first-order valence-corrected chi connectivity index (χ1v) is 6.57. The summed E-state index contributed by atoms with van der Waals surface area (Å²) in [6.45, 7) is 0. The van der Waals surface area contributed by atoms with E-state index in [1.807, 2.05) is 0 Å². The number of hydrogen-bond acceptors (Lipinski definition) is 3. The SMILES string of the molecule is O=[N+]([O-])c1cnc2ccc(C(F)(F)F)cc2c1-c1ccccc1. The maximum absolute atomic E-state index is 13.0. The van der Waals surface area contributed by atoms with Gasteiger partial charge in [-0.25, -0.2) is 4.98 Å². The fourth-order valence-electron chi connectivity index (χ4n) is 2.41. The van der Waals surface area contributed by atoms with E-state index in [0.717, 1.165) is 18.3 Å². The zero-order valence-electron chi connectivity index (χ0n) is 11.5. The number of nitro groups is 1. The summed E-state index contributed by atoms with van der Waals surface area (Å²) in [5.74, 6) is 0. The number of hydrogen-bond donors (Lipinski definition) is 0. The number of fused-ring (bicyclic) bond motifs is 1. The first-order chi connectivity index (χ1) is 10.9. The van der Waals surface area contributed by atoms with Crippen LogP contribution in [-0.2, 0) is 6.18 Å². The highest BCUT2D eigenvalue weighted by Crippen LogP contribution is 2.38. The summed E-state index contributed by atoms with van der Waals surface area (Å²) in [5, 5.41) is 11.4. The second kappa shape index (κ2) is 5.35. The molecular formula is C16H9F3N2O2. The molecule has 4 nitrogen and oxygen atoms in total. The van der Waals surface area contributed by atoms with Crippen molar-refractivity contribution in [2.75, 3.05) is 0 Å². The smallest absolute Gasteiger partial charge is 0.258 e. The van der Waals surface area contributed by atoms with Crippen molar-refractivity contribution in [3.8, 4) is 11.1 Å². The molecule has 2 aromatic carbocycles. The number of nitrogens with zero attached hydrogens (tertiary/aromatic N) is 2. The Bertz CT molecular complexity index is 893. The van der Waals surface area contributed by atoms with Crippen molar-refractivity contribution in [1.29, 1.82) is 0 Å². The summed E-state index contributed by atoms with van der Waals surface area (Å²) in [6.07, 6.45) is -3.47. The van der Waals surface area contributed by atoms with Crippen molar-refractivity contribution in [1.82, 2.24) is 4.98 Å². The van der Waals surface area contributed by atoms with Gasteiger partial charge >= 0.3 is 6.18 Å². The molecule has 0 aliphatic rings. The molecule has 23 heavy (non-hydrogen) atoms. The summed E-state index contributed by atoms with van der Waals surface area (Å²) >= 11 is 0. The number of aromatic nitrogens is 1. The lowest BCUT2D eigenvalue weighted by molar-refractivity contribution is -0.384. The van der Waals surface area contributed by atoms with Gasteiger partial charge in [-0.3, -0.25) is 10.1 Å². The Labute approximate surface area is 128 Å². The van der Waals surface area contributed by atoms with Gasteiger partial charge in [0, 0.05) is 5.39 Å². The minimum absolute atomic E-state index is 0.0974. The lowest BCUT2D eigenvalue weighted by Gasteiger charge is -2.11. The topological polar surface area (TPSA) is 56.0 Å². The third-order valence-electron chi connectivity index (χ3n) is 3.43. The standard InChI is InChI=1S/C16H9F3N2O2/c17-16(18,19)11-6-7-13-12(8-11)15(10-4-2-1-3-5-10)14(9-20-13)21(22)23/h1-9H. The zero-order valence-corrected chi connectivity index (χ0v) is 11.5. The molecule has 3 aromatic rings. The molecule has 0 N–H and O–H groups in total. The van der Waals surface area contributed by atoms with E-state index < -0.39 is 16.7 Å². The second-order valence-corrected chi connectivity index (χ2v) is 4.87. The van der Waals surface area contributed by atoms with Crippen molar-refractivity contribution in [2.24, 2.45) is 0 Å². The van der Waals surface area contributed by atoms with E-state index in [0.29, 0.717) is 5.56 Å². The first-order valence-electron chi connectivity index (χ1n) is 6.57. The lowest BCUT2D eigenvalue weighted by atomic mass is 9.98. The highest BCUT2D eigenvalue weighted by atomic mass is 19.4. The van der Waals surface area contributed by atoms with Crippen LogP contribution in [0.15, 0.2) is 54.7 Å². The van der Waals surface area contributed by atoms with Crippen LogP contribution in [-0.4, -0.2) is 9.91 Å². The van der Waals surface area contributed by atoms with E-state index >= 15 is 0 Å². The van der Waals surface area contributed by atoms with E-state index in [-0.39, 0.29) is 22.2 Å². The molecule has 116 valence electrons. The van der Waals surface area contributed by atoms with E-state index in [1.165, 1.54) is 6.07 Å². The third kappa shape index (κ3) is 2.73. The Kier molecular flexibility index (Phi) is 3.48. The highest BCUT2D eigenvalue weighted by Gasteiger charge is 2.31. The number of rotatable bonds is 2. The van der Waals surface area contributed by atoms with Crippen LogP contribution in [0.25, 0.3) is 22.0 Å². The van der Waals surface area contributed by atoms with Crippen LogP contribution in [0.1, 0.15) is 5.56 Å². The molecule has 0 fully saturated rings. The summed E-state index contributed by atoms with van der Waals surface area (Å²) in [5.41, 5.74) is -0.340. The number of benzene rings is 2. The molecule has 0 amide bonds. The van der Waals surface area contributed by atoms with Crippen molar-refractivity contribution < 1.29 is 18.1 Å². The monoisotopic (exact) mass is 318 g/mol. The van der Waals surface area contributed by atoms with Crippen molar-refractivity contribution in [3.05, 3.63) is 70.4 Å². The quantitative estimate of drug-likeness (QED) is 0.502. The predicted octanol–water partition coefficient (Wildman–Crippen LogP) is 4.83. The minimum Gasteiger partial charge on any atom is -0.258 e. The average Bonchev–Trinajstić information content (AvgIpc) is 2.53. The van der Waals surface area contributed by atoms with Crippen LogP contribution >= 0.6 is 0 Å². The Morgan fingerprint density at radius 1 is 1.04 bits per heavy atom. The molecule has 0 aliphatic heterocycles. The van der Waals surface area contributed by atoms with Crippen LogP contribution in [0.5, 0.6) is 0 Å². The molecule has 0 bridgehead atoms. The van der Waals surface area contributed by atoms with E-state index in [2.05, 4.69) is 4.98 Å². The van der Waals surface area contributed by atoms with Gasteiger partial charge in [0.25, 0.3) is 5.69 Å². The van der Waals surface area contributed by atoms with Gasteiger partial charge in [-0.1, -0.05) is 30.3 Å².